The molecule has 4 aliphatic rings. The van der Waals surface area contributed by atoms with Crippen LogP contribution in [0.15, 0.2) is 21.9 Å². The number of carboxylic acid groups (broad SMARTS) is 2. The van der Waals surface area contributed by atoms with E-state index < -0.39 is 183 Å². The molecule has 464 valence electrons. The molecule has 82 heavy (non-hydrogen) atoms. The Bertz CT molecular complexity index is 2390. The lowest BCUT2D eigenvalue weighted by Gasteiger charge is -2.44. The van der Waals surface area contributed by atoms with Gasteiger partial charge in [-0.15, -0.1) is 0 Å². The van der Waals surface area contributed by atoms with Crippen LogP contribution < -0.4 is 17.0 Å². The zero-order valence-corrected chi connectivity index (χ0v) is 47.9. The Morgan fingerprint density at radius 2 is 1.43 bits per heavy atom. The lowest BCUT2D eigenvalue weighted by Crippen LogP contribution is -2.61. The molecular formula is C54H85N5O23. The standard InChI is InChI=1S/C54H85N5O23/c1-8-10-11-12-13-14-15-16-17-30(75-40(66)22-29(3)23-41(67)81-53-50(74-7)49(47(73-6)33(9-2)78-53)80-39(65)19-18-38(63)64)24-42(68)76-35-28-57(4)45(51(69)58(5)44(35)52(70)71)48(82-43-26-31(60)34(27-55)77-43)46-32(61)25-37(79-46)59-21-20-36(62)56-54(59)72/h20-21,29-35,37,43-50,53,60-61H,8-19,22-28,55H2,1-7H3,(H,63,64)(H,70,71)(H,56,62,72). The maximum absolute atomic E-state index is 14.7. The van der Waals surface area contributed by atoms with E-state index in [-0.39, 0.29) is 38.6 Å². The summed E-state index contributed by atoms with van der Waals surface area (Å²) in [4.78, 5) is 122. The highest BCUT2D eigenvalue weighted by Crippen LogP contribution is 2.37. The number of nitrogens with two attached hydrogens (primary N) is 1. The minimum absolute atomic E-state index is 0.0902. The van der Waals surface area contributed by atoms with Crippen LogP contribution >= 0.6 is 0 Å². The summed E-state index contributed by atoms with van der Waals surface area (Å²) in [6, 6.07) is -2.19. The molecule has 1 aromatic rings. The highest BCUT2D eigenvalue weighted by molar-refractivity contribution is 5.89. The second kappa shape index (κ2) is 32.6. The third kappa shape index (κ3) is 18.8. The number of aromatic amines is 1. The number of aliphatic carboxylic acids is 2. The Hall–Kier alpha value is -5.43. The zero-order valence-electron chi connectivity index (χ0n) is 47.9. The van der Waals surface area contributed by atoms with E-state index in [4.69, 9.17) is 58.2 Å². The van der Waals surface area contributed by atoms with Gasteiger partial charge in [-0.1, -0.05) is 65.7 Å². The molecule has 5 heterocycles. The minimum Gasteiger partial charge on any atom is -0.481 e. The first-order valence-corrected chi connectivity index (χ1v) is 28.3. The Labute approximate surface area is 475 Å². The van der Waals surface area contributed by atoms with Crippen molar-refractivity contribution in [1.82, 2.24) is 19.4 Å². The van der Waals surface area contributed by atoms with Crippen molar-refractivity contribution in [1.29, 1.82) is 0 Å². The van der Waals surface area contributed by atoms with Gasteiger partial charge in [0.25, 0.3) is 5.56 Å². The van der Waals surface area contributed by atoms with Crippen molar-refractivity contribution in [2.75, 3.05) is 41.4 Å². The van der Waals surface area contributed by atoms with Crippen molar-refractivity contribution in [2.45, 2.75) is 228 Å². The van der Waals surface area contributed by atoms with Gasteiger partial charge in [0.15, 0.2) is 24.5 Å². The molecule has 1 amide bonds. The molecule has 4 aliphatic heterocycles. The van der Waals surface area contributed by atoms with Gasteiger partial charge in [-0.05, 0) is 32.2 Å². The second-order valence-corrected chi connectivity index (χ2v) is 21.5. The summed E-state index contributed by atoms with van der Waals surface area (Å²) in [6.07, 6.45) is -9.69. The van der Waals surface area contributed by atoms with Crippen molar-refractivity contribution in [2.24, 2.45) is 11.7 Å². The van der Waals surface area contributed by atoms with Crippen LogP contribution in [0.2, 0.25) is 0 Å². The Balaban J connectivity index is 1.30. The fraction of sp³-hybridized carbons (Fsp3) is 0.796. The second-order valence-electron chi connectivity index (χ2n) is 21.5. The number of aliphatic hydroxyl groups excluding tert-OH is 2. The molecule has 5 rings (SSSR count). The van der Waals surface area contributed by atoms with Crippen LogP contribution in [0.3, 0.4) is 0 Å². The number of carbonyl (C=O) groups excluding carboxylic acids is 5. The van der Waals surface area contributed by atoms with E-state index >= 15 is 0 Å². The maximum atomic E-state index is 14.7. The number of carboxylic acids is 2. The number of hydrogen-bond acceptors (Lipinski definition) is 23. The number of methoxy groups -OCH3 is 2. The smallest absolute Gasteiger partial charge is 0.330 e. The topological polar surface area (TPSA) is 380 Å². The summed E-state index contributed by atoms with van der Waals surface area (Å²) in [6.45, 7) is 5.00. The van der Waals surface area contributed by atoms with Crippen LogP contribution in [0.5, 0.6) is 0 Å². The van der Waals surface area contributed by atoms with E-state index in [2.05, 4.69) is 11.9 Å². The molecule has 28 heteroatoms. The number of nitrogens with one attached hydrogen (secondary N) is 1. The van der Waals surface area contributed by atoms with E-state index in [9.17, 15) is 58.5 Å². The van der Waals surface area contributed by atoms with Crippen LogP contribution in [0.25, 0.3) is 0 Å². The zero-order chi connectivity index (χ0) is 60.4. The molecule has 4 saturated heterocycles. The molecule has 0 spiro atoms. The third-order valence-electron chi connectivity index (χ3n) is 15.2. The van der Waals surface area contributed by atoms with Gasteiger partial charge in [-0.3, -0.25) is 48.0 Å². The molecule has 0 aromatic carbocycles. The van der Waals surface area contributed by atoms with Crippen molar-refractivity contribution in [3.05, 3.63) is 33.1 Å². The van der Waals surface area contributed by atoms with E-state index in [0.717, 1.165) is 60.5 Å². The van der Waals surface area contributed by atoms with Crippen LogP contribution in [-0.4, -0.2) is 215 Å². The van der Waals surface area contributed by atoms with Gasteiger partial charge < -0.3 is 78.4 Å². The van der Waals surface area contributed by atoms with Gasteiger partial charge in [-0.2, -0.15) is 0 Å². The average Bonchev–Trinajstić information content (AvgIpc) is 4.12. The molecule has 4 fully saturated rings. The van der Waals surface area contributed by atoms with E-state index in [0.29, 0.717) is 12.8 Å². The number of hydrogen-bond donors (Lipinski definition) is 6. The van der Waals surface area contributed by atoms with Crippen LogP contribution in [0.1, 0.15) is 136 Å². The highest BCUT2D eigenvalue weighted by Gasteiger charge is 2.54. The number of ether oxygens (including phenoxy) is 10. The number of unbranched alkanes of at least 4 members (excludes halogenated alkanes) is 7. The van der Waals surface area contributed by atoms with Crippen LogP contribution in [-0.2, 0) is 80.9 Å². The summed E-state index contributed by atoms with van der Waals surface area (Å²) < 4.78 is 59.8. The maximum Gasteiger partial charge on any atom is 0.330 e. The molecule has 0 aliphatic carbocycles. The summed E-state index contributed by atoms with van der Waals surface area (Å²) >= 11 is 0. The number of H-pyrrole nitrogens is 1. The molecule has 0 radical (unpaired) electrons. The largest absolute Gasteiger partial charge is 0.481 e. The average molecular weight is 1170 g/mol. The van der Waals surface area contributed by atoms with Crippen molar-refractivity contribution in [3.8, 4) is 0 Å². The van der Waals surface area contributed by atoms with E-state index in [1.54, 1.807) is 13.8 Å². The molecule has 28 nitrogen and oxygen atoms in total. The molecule has 0 bridgehead atoms. The quantitative estimate of drug-likeness (QED) is 0.0331. The van der Waals surface area contributed by atoms with Crippen LogP contribution in [0, 0.1) is 5.92 Å². The monoisotopic (exact) mass is 1170 g/mol. The lowest BCUT2D eigenvalue weighted by molar-refractivity contribution is -0.299. The van der Waals surface area contributed by atoms with Gasteiger partial charge in [0, 0.05) is 72.3 Å². The molecule has 1 aromatic heterocycles. The summed E-state index contributed by atoms with van der Waals surface area (Å²) in [5, 5.41) is 41.9. The molecular weight excluding hydrogens is 1090 g/mol. The summed E-state index contributed by atoms with van der Waals surface area (Å²) in [5.41, 5.74) is 4.29. The number of nitrogens with zero attached hydrogens (tertiary/aromatic N) is 3. The van der Waals surface area contributed by atoms with E-state index in [1.165, 1.54) is 39.4 Å². The number of amides is 1. The fourth-order valence-corrected chi connectivity index (χ4v) is 10.9. The number of rotatable bonds is 32. The number of likely N-dealkylation sites (N-methyl/N-ethyl adjacent to an activating group) is 2. The summed E-state index contributed by atoms with van der Waals surface area (Å²) in [5.74, 6) is -7.65. The first-order valence-electron chi connectivity index (χ1n) is 28.3. The minimum atomic E-state index is -1.79. The lowest BCUT2D eigenvalue weighted by atomic mass is 9.96. The van der Waals surface area contributed by atoms with Gasteiger partial charge >= 0.3 is 41.5 Å². The Kier molecular flexibility index (Phi) is 26.8. The predicted molar refractivity (Wildman–Crippen MR) is 283 cm³/mol. The van der Waals surface area contributed by atoms with Crippen molar-refractivity contribution >= 4 is 41.7 Å². The normalized spacial score (nSPS) is 29.8. The molecule has 17 unspecified atom stereocenters. The highest BCUT2D eigenvalue weighted by atomic mass is 16.7. The van der Waals surface area contributed by atoms with Gasteiger partial charge in [0.1, 0.15) is 42.8 Å². The molecule has 17 atom stereocenters. The molecule has 0 saturated carbocycles. The fourth-order valence-electron chi connectivity index (χ4n) is 10.9. The van der Waals surface area contributed by atoms with Gasteiger partial charge in [0.2, 0.25) is 12.2 Å². The first-order chi connectivity index (χ1) is 39.0. The summed E-state index contributed by atoms with van der Waals surface area (Å²) in [7, 11) is 5.29. The molecule has 7 N–H and O–H groups in total. The number of aromatic nitrogens is 2. The van der Waals surface area contributed by atoms with Crippen molar-refractivity contribution < 1.29 is 101 Å². The Morgan fingerprint density at radius 1 is 0.768 bits per heavy atom. The van der Waals surface area contributed by atoms with Gasteiger partial charge in [0.05, 0.1) is 43.7 Å². The van der Waals surface area contributed by atoms with Crippen LogP contribution in [0.4, 0.5) is 0 Å². The third-order valence-corrected chi connectivity index (χ3v) is 15.2. The number of esters is 4. The van der Waals surface area contributed by atoms with E-state index in [1.807, 2.05) is 0 Å². The van der Waals surface area contributed by atoms with Crippen molar-refractivity contribution in [3.63, 3.8) is 0 Å². The number of aliphatic hydroxyl groups is 2. The number of carbonyl (C=O) groups is 7. The first kappa shape index (κ1) is 67.4. The SMILES string of the molecule is CCCCCCCCCCC(CC(=O)OC1CN(C)C(C(OC2CC(O)C(CN)O2)C2OC(n3ccc(=O)[nH]c3=O)CC2O)C(=O)N(C)C1C(=O)O)OC(=O)CC(C)CC(=O)OC1OC(CC)C(OC)C(OC(=O)CCC(=O)O)C1OC. The predicted octanol–water partition coefficient (Wildman–Crippen LogP) is 0.876. The van der Waals surface area contributed by atoms with Gasteiger partial charge in [-0.25, -0.2) is 9.59 Å². The Morgan fingerprint density at radius 3 is 2.04 bits per heavy atom.